The highest BCUT2D eigenvalue weighted by molar-refractivity contribution is 6.30. The molecular formula is C11H11ClO3. The third kappa shape index (κ3) is 3.36. The van der Waals surface area contributed by atoms with Crippen LogP contribution in [0.25, 0.3) is 0 Å². The number of ketones is 1. The quantitative estimate of drug-likeness (QED) is 0.588. The van der Waals surface area contributed by atoms with Crippen molar-refractivity contribution >= 4 is 23.4 Å². The van der Waals surface area contributed by atoms with Crippen LogP contribution in [0.4, 0.5) is 0 Å². The Kier molecular flexibility index (Phi) is 3.86. The fourth-order valence-corrected chi connectivity index (χ4v) is 1.28. The average Bonchev–Trinajstić information content (AvgIpc) is 2.17. The first-order valence-electron chi connectivity index (χ1n) is 4.47. The summed E-state index contributed by atoms with van der Waals surface area (Å²) in [6.07, 6.45) is -0.760. The number of rotatable bonds is 3. The molecule has 0 radical (unpaired) electrons. The summed E-state index contributed by atoms with van der Waals surface area (Å²) in [7, 11) is 0. The van der Waals surface area contributed by atoms with Gasteiger partial charge in [0.15, 0.2) is 6.10 Å². The normalized spacial score (nSPS) is 11.9. The molecule has 4 heteroatoms. The molecule has 0 aliphatic carbocycles. The minimum atomic E-state index is -0.760. The van der Waals surface area contributed by atoms with E-state index in [2.05, 4.69) is 0 Å². The Morgan fingerprint density at radius 3 is 2.27 bits per heavy atom. The zero-order chi connectivity index (χ0) is 11.4. The van der Waals surface area contributed by atoms with Crippen molar-refractivity contribution in [3.63, 3.8) is 0 Å². The molecule has 1 aromatic carbocycles. The van der Waals surface area contributed by atoms with Crippen molar-refractivity contribution in [3.8, 4) is 0 Å². The van der Waals surface area contributed by atoms with Gasteiger partial charge in [-0.3, -0.25) is 9.59 Å². The third-order valence-corrected chi connectivity index (χ3v) is 2.09. The fourth-order valence-electron chi connectivity index (χ4n) is 1.15. The Morgan fingerprint density at radius 2 is 1.80 bits per heavy atom. The zero-order valence-corrected chi connectivity index (χ0v) is 9.25. The van der Waals surface area contributed by atoms with Crippen LogP contribution in [0, 0.1) is 0 Å². The Balaban J connectivity index is 2.76. The minimum absolute atomic E-state index is 0.234. The monoisotopic (exact) mass is 226 g/mol. The van der Waals surface area contributed by atoms with Crippen LogP contribution < -0.4 is 0 Å². The summed E-state index contributed by atoms with van der Waals surface area (Å²) in [6, 6.07) is 6.44. The summed E-state index contributed by atoms with van der Waals surface area (Å²) in [5.41, 5.74) is 0.480. The second-order valence-corrected chi connectivity index (χ2v) is 3.56. The van der Waals surface area contributed by atoms with E-state index in [1.807, 2.05) is 0 Å². The fraction of sp³-hybridized carbons (Fsp3) is 0.273. The van der Waals surface area contributed by atoms with Crippen molar-refractivity contribution in [2.75, 3.05) is 0 Å². The van der Waals surface area contributed by atoms with Gasteiger partial charge in [-0.05, 0) is 31.2 Å². The first kappa shape index (κ1) is 11.7. The van der Waals surface area contributed by atoms with E-state index in [-0.39, 0.29) is 5.78 Å². The molecule has 0 aliphatic heterocycles. The lowest BCUT2D eigenvalue weighted by atomic mass is 10.1. The van der Waals surface area contributed by atoms with Gasteiger partial charge in [0, 0.05) is 17.5 Å². The summed E-state index contributed by atoms with van der Waals surface area (Å²) >= 11 is 5.68. The molecule has 1 rings (SSSR count). The largest absolute Gasteiger partial charge is 0.454 e. The van der Waals surface area contributed by atoms with Gasteiger partial charge in [0.2, 0.25) is 5.78 Å². The molecule has 0 unspecified atom stereocenters. The van der Waals surface area contributed by atoms with E-state index in [1.165, 1.54) is 6.92 Å². The number of carbonyl (C=O) groups is 2. The van der Waals surface area contributed by atoms with E-state index in [1.54, 1.807) is 31.2 Å². The van der Waals surface area contributed by atoms with E-state index in [0.29, 0.717) is 10.6 Å². The molecule has 0 aliphatic rings. The van der Waals surface area contributed by atoms with Crippen molar-refractivity contribution in [2.45, 2.75) is 20.0 Å². The van der Waals surface area contributed by atoms with Gasteiger partial charge in [0.25, 0.3) is 0 Å². The number of ether oxygens (including phenoxy) is 1. The topological polar surface area (TPSA) is 43.4 Å². The molecule has 15 heavy (non-hydrogen) atoms. The van der Waals surface area contributed by atoms with Crippen LogP contribution in [0.15, 0.2) is 24.3 Å². The van der Waals surface area contributed by atoms with Gasteiger partial charge in [-0.1, -0.05) is 11.6 Å². The predicted octanol–water partition coefficient (Wildman–Crippen LogP) is 2.47. The molecule has 0 aromatic heterocycles. The molecule has 0 heterocycles. The summed E-state index contributed by atoms with van der Waals surface area (Å²) < 4.78 is 4.78. The second-order valence-electron chi connectivity index (χ2n) is 3.12. The lowest BCUT2D eigenvalue weighted by molar-refractivity contribution is -0.143. The van der Waals surface area contributed by atoms with E-state index in [9.17, 15) is 9.59 Å². The maximum atomic E-state index is 11.7. The van der Waals surface area contributed by atoms with Crippen LogP contribution in [-0.4, -0.2) is 17.9 Å². The highest BCUT2D eigenvalue weighted by Crippen LogP contribution is 2.12. The van der Waals surface area contributed by atoms with Crippen molar-refractivity contribution < 1.29 is 14.3 Å². The van der Waals surface area contributed by atoms with E-state index < -0.39 is 12.1 Å². The molecule has 0 N–H and O–H groups in total. The minimum Gasteiger partial charge on any atom is -0.454 e. The van der Waals surface area contributed by atoms with Crippen molar-refractivity contribution in [2.24, 2.45) is 0 Å². The Morgan fingerprint density at radius 1 is 1.27 bits per heavy atom. The molecule has 1 atom stereocenters. The van der Waals surface area contributed by atoms with Gasteiger partial charge in [0.1, 0.15) is 0 Å². The standard InChI is InChI=1S/C11H11ClO3/c1-7(15-8(2)13)11(14)9-3-5-10(12)6-4-9/h3-7H,1-2H3/t7-/m1/s1. The van der Waals surface area contributed by atoms with Gasteiger partial charge in [-0.2, -0.15) is 0 Å². The maximum Gasteiger partial charge on any atom is 0.303 e. The smallest absolute Gasteiger partial charge is 0.303 e. The van der Waals surface area contributed by atoms with Gasteiger partial charge >= 0.3 is 5.97 Å². The SMILES string of the molecule is CC(=O)O[C@H](C)C(=O)c1ccc(Cl)cc1. The molecule has 0 bridgehead atoms. The number of esters is 1. The number of halogens is 1. The van der Waals surface area contributed by atoms with Gasteiger partial charge in [-0.15, -0.1) is 0 Å². The molecule has 0 saturated heterocycles. The Labute approximate surface area is 93.0 Å². The van der Waals surface area contributed by atoms with E-state index >= 15 is 0 Å². The highest BCUT2D eigenvalue weighted by atomic mass is 35.5. The molecule has 0 spiro atoms. The average molecular weight is 227 g/mol. The van der Waals surface area contributed by atoms with Gasteiger partial charge in [-0.25, -0.2) is 0 Å². The maximum absolute atomic E-state index is 11.7. The summed E-state index contributed by atoms with van der Waals surface area (Å²) in [5, 5.41) is 0.562. The second kappa shape index (κ2) is 4.94. The molecule has 0 amide bonds. The van der Waals surface area contributed by atoms with Crippen molar-refractivity contribution in [1.82, 2.24) is 0 Å². The van der Waals surface area contributed by atoms with Crippen LogP contribution in [0.1, 0.15) is 24.2 Å². The van der Waals surface area contributed by atoms with Gasteiger partial charge < -0.3 is 4.74 Å². The summed E-state index contributed by atoms with van der Waals surface area (Å²) in [4.78, 5) is 22.3. The number of hydrogen-bond donors (Lipinski definition) is 0. The number of hydrogen-bond acceptors (Lipinski definition) is 3. The first-order chi connectivity index (χ1) is 7.00. The number of Topliss-reactive ketones (excluding diaryl/α,β-unsaturated/α-hetero) is 1. The number of benzene rings is 1. The molecule has 0 saturated carbocycles. The first-order valence-corrected chi connectivity index (χ1v) is 4.85. The van der Waals surface area contributed by atoms with Crippen LogP contribution in [0.3, 0.4) is 0 Å². The Hall–Kier alpha value is -1.35. The molecule has 3 nitrogen and oxygen atoms in total. The Bertz CT molecular complexity index is 370. The van der Waals surface area contributed by atoms with Crippen LogP contribution >= 0.6 is 11.6 Å². The number of carbonyl (C=O) groups excluding carboxylic acids is 2. The molecular weight excluding hydrogens is 216 g/mol. The lowest BCUT2D eigenvalue weighted by Gasteiger charge is -2.10. The highest BCUT2D eigenvalue weighted by Gasteiger charge is 2.17. The summed E-state index contributed by atoms with van der Waals surface area (Å²) in [5.74, 6) is -0.702. The zero-order valence-electron chi connectivity index (χ0n) is 8.49. The molecule has 80 valence electrons. The van der Waals surface area contributed by atoms with E-state index in [4.69, 9.17) is 16.3 Å². The molecule has 1 aromatic rings. The van der Waals surface area contributed by atoms with Crippen molar-refractivity contribution in [3.05, 3.63) is 34.9 Å². The lowest BCUT2D eigenvalue weighted by Crippen LogP contribution is -2.22. The third-order valence-electron chi connectivity index (χ3n) is 1.84. The van der Waals surface area contributed by atoms with Crippen LogP contribution in [-0.2, 0) is 9.53 Å². The van der Waals surface area contributed by atoms with E-state index in [0.717, 1.165) is 0 Å². The van der Waals surface area contributed by atoms with Crippen LogP contribution in [0.5, 0.6) is 0 Å². The van der Waals surface area contributed by atoms with Gasteiger partial charge in [0.05, 0.1) is 0 Å². The predicted molar refractivity (Wildman–Crippen MR) is 57.0 cm³/mol. The van der Waals surface area contributed by atoms with Crippen molar-refractivity contribution in [1.29, 1.82) is 0 Å². The molecule has 0 fully saturated rings. The van der Waals surface area contributed by atoms with Crippen LogP contribution in [0.2, 0.25) is 5.02 Å². The summed E-state index contributed by atoms with van der Waals surface area (Å²) in [6.45, 7) is 2.81.